The van der Waals surface area contributed by atoms with Crippen LogP contribution in [0, 0.1) is 6.92 Å². The minimum Gasteiger partial charge on any atom is -0.423 e. The third kappa shape index (κ3) is 5.61. The van der Waals surface area contributed by atoms with E-state index in [4.69, 9.17) is 21.3 Å². The zero-order valence-corrected chi connectivity index (χ0v) is 21.2. The summed E-state index contributed by atoms with van der Waals surface area (Å²) in [6.07, 6.45) is 4.47. The summed E-state index contributed by atoms with van der Waals surface area (Å²) >= 11 is 5.91. The van der Waals surface area contributed by atoms with Crippen molar-refractivity contribution >= 4 is 40.8 Å². The van der Waals surface area contributed by atoms with Gasteiger partial charge in [-0.25, -0.2) is 9.78 Å². The van der Waals surface area contributed by atoms with Gasteiger partial charge in [-0.2, -0.15) is 9.78 Å². The molecule has 0 bridgehead atoms. The van der Waals surface area contributed by atoms with Gasteiger partial charge in [0.1, 0.15) is 5.75 Å². The summed E-state index contributed by atoms with van der Waals surface area (Å²) in [7, 11) is 0. The van der Waals surface area contributed by atoms with Gasteiger partial charge in [0.25, 0.3) is 5.56 Å². The van der Waals surface area contributed by atoms with Gasteiger partial charge in [-0.3, -0.25) is 4.79 Å². The predicted octanol–water partition coefficient (Wildman–Crippen LogP) is 6.53. The van der Waals surface area contributed by atoms with Gasteiger partial charge < -0.3 is 4.74 Å². The molecule has 4 aromatic carbocycles. The second-order valence-corrected chi connectivity index (χ2v) is 8.96. The zero-order valence-electron chi connectivity index (χ0n) is 20.4. The van der Waals surface area contributed by atoms with E-state index >= 15 is 0 Å². The Kier molecular flexibility index (Phi) is 7.24. The van der Waals surface area contributed by atoms with Crippen molar-refractivity contribution in [3.8, 4) is 17.1 Å². The second kappa shape index (κ2) is 11.1. The number of halogens is 1. The highest BCUT2D eigenvalue weighted by Gasteiger charge is 2.13. The van der Waals surface area contributed by atoms with Gasteiger partial charge in [0.05, 0.1) is 17.1 Å². The van der Waals surface area contributed by atoms with Crippen molar-refractivity contribution in [2.45, 2.75) is 6.92 Å². The summed E-state index contributed by atoms with van der Waals surface area (Å²) in [5, 5.41) is 5.56. The monoisotopic (exact) mass is 519 g/mol. The largest absolute Gasteiger partial charge is 0.423 e. The van der Waals surface area contributed by atoms with Crippen LogP contribution in [0.2, 0.25) is 5.02 Å². The number of aryl methyl sites for hydroxylation is 1. The highest BCUT2D eigenvalue weighted by molar-refractivity contribution is 6.30. The molecule has 0 aliphatic heterocycles. The van der Waals surface area contributed by atoms with Crippen LogP contribution < -0.4 is 10.3 Å². The highest BCUT2D eigenvalue weighted by Crippen LogP contribution is 2.21. The topological polar surface area (TPSA) is 73.6 Å². The van der Waals surface area contributed by atoms with E-state index in [1.165, 1.54) is 17.0 Å². The number of hydrogen-bond acceptors (Lipinski definition) is 5. The molecule has 186 valence electrons. The molecule has 5 aromatic rings. The molecule has 1 aromatic heterocycles. The average Bonchev–Trinajstić information content (AvgIpc) is 2.93. The van der Waals surface area contributed by atoms with E-state index < -0.39 is 5.97 Å². The molecule has 7 heteroatoms. The Morgan fingerprint density at radius 1 is 0.921 bits per heavy atom. The van der Waals surface area contributed by atoms with Crippen molar-refractivity contribution < 1.29 is 9.53 Å². The average molecular weight is 520 g/mol. The van der Waals surface area contributed by atoms with Crippen molar-refractivity contribution in [1.29, 1.82) is 0 Å². The molecular formula is C31H22ClN3O3. The van der Waals surface area contributed by atoms with Gasteiger partial charge in [0.2, 0.25) is 0 Å². The first kappa shape index (κ1) is 24.9. The van der Waals surface area contributed by atoms with Gasteiger partial charge in [-0.15, -0.1) is 0 Å². The number of para-hydroxylation sites is 2. The van der Waals surface area contributed by atoms with Crippen LogP contribution >= 0.6 is 11.6 Å². The Morgan fingerprint density at radius 3 is 2.42 bits per heavy atom. The third-order valence-electron chi connectivity index (χ3n) is 5.79. The molecule has 0 fully saturated rings. The lowest BCUT2D eigenvalue weighted by Gasteiger charge is -2.10. The maximum Gasteiger partial charge on any atom is 0.336 e. The maximum atomic E-state index is 13.4. The number of nitrogens with zero attached hydrogens (tertiary/aromatic N) is 3. The van der Waals surface area contributed by atoms with Gasteiger partial charge >= 0.3 is 5.97 Å². The van der Waals surface area contributed by atoms with E-state index in [-0.39, 0.29) is 5.56 Å². The molecule has 1 heterocycles. The molecule has 0 atom stereocenters. The zero-order chi connectivity index (χ0) is 26.5. The van der Waals surface area contributed by atoms with Crippen LogP contribution in [-0.2, 0) is 4.79 Å². The standard InChI is InChI=1S/C31H22ClN3O3/c1-21-10-15-23(16-11-21)30-34-27-8-4-3-7-26(27)31(37)35(30)33-20-24-6-2-5-9-28(24)38-29(36)19-14-22-12-17-25(32)18-13-22/h2-20H,1H3/b19-14+,33-20?. The number of benzene rings is 4. The Labute approximate surface area is 224 Å². The molecule has 0 aliphatic rings. The van der Waals surface area contributed by atoms with Crippen molar-refractivity contribution in [1.82, 2.24) is 9.66 Å². The quantitative estimate of drug-likeness (QED) is 0.111. The van der Waals surface area contributed by atoms with Crippen molar-refractivity contribution in [3.63, 3.8) is 0 Å². The number of hydrogen-bond donors (Lipinski definition) is 0. The molecule has 0 unspecified atom stereocenters. The number of ether oxygens (including phenoxy) is 1. The van der Waals surface area contributed by atoms with E-state index in [1.54, 1.807) is 72.8 Å². The van der Waals surface area contributed by atoms with Crippen LogP contribution in [-0.4, -0.2) is 21.8 Å². The summed E-state index contributed by atoms with van der Waals surface area (Å²) < 4.78 is 6.83. The first-order valence-electron chi connectivity index (χ1n) is 11.9. The Hall–Kier alpha value is -4.81. The predicted molar refractivity (Wildman–Crippen MR) is 152 cm³/mol. The lowest BCUT2D eigenvalue weighted by atomic mass is 10.1. The van der Waals surface area contributed by atoms with E-state index in [0.717, 1.165) is 16.7 Å². The van der Waals surface area contributed by atoms with Crippen LogP contribution in [0.4, 0.5) is 0 Å². The van der Waals surface area contributed by atoms with E-state index in [1.807, 2.05) is 37.3 Å². The van der Waals surface area contributed by atoms with E-state index in [0.29, 0.717) is 33.1 Å². The normalized spacial score (nSPS) is 11.4. The van der Waals surface area contributed by atoms with Crippen LogP contribution in [0.1, 0.15) is 16.7 Å². The SMILES string of the molecule is Cc1ccc(-c2nc3ccccc3c(=O)n2N=Cc2ccccc2OC(=O)/C=C/c2ccc(Cl)cc2)cc1. The smallest absolute Gasteiger partial charge is 0.336 e. The Morgan fingerprint density at radius 2 is 1.63 bits per heavy atom. The minimum atomic E-state index is -0.550. The molecule has 0 amide bonds. The van der Waals surface area contributed by atoms with E-state index in [9.17, 15) is 9.59 Å². The molecule has 0 aliphatic carbocycles. The molecule has 0 radical (unpaired) electrons. The third-order valence-corrected chi connectivity index (χ3v) is 6.04. The van der Waals surface area contributed by atoms with Gasteiger partial charge in [0.15, 0.2) is 5.82 Å². The number of rotatable bonds is 6. The van der Waals surface area contributed by atoms with Gasteiger partial charge in [0, 0.05) is 22.2 Å². The number of carbonyl (C=O) groups excluding carboxylic acids is 1. The van der Waals surface area contributed by atoms with Crippen LogP contribution in [0.5, 0.6) is 5.75 Å². The molecule has 0 spiro atoms. The first-order chi connectivity index (χ1) is 18.5. The summed E-state index contributed by atoms with van der Waals surface area (Å²) in [5.41, 5.74) is 3.46. The van der Waals surface area contributed by atoms with Crippen molar-refractivity contribution in [2.75, 3.05) is 0 Å². The fraction of sp³-hybridized carbons (Fsp3) is 0.0323. The minimum absolute atomic E-state index is 0.303. The molecule has 5 rings (SSSR count). The number of aromatic nitrogens is 2. The Balaban J connectivity index is 1.48. The molecule has 38 heavy (non-hydrogen) atoms. The van der Waals surface area contributed by atoms with Crippen molar-refractivity contribution in [3.05, 3.63) is 135 Å². The first-order valence-corrected chi connectivity index (χ1v) is 12.2. The lowest BCUT2D eigenvalue weighted by Crippen LogP contribution is -2.20. The number of carbonyl (C=O) groups is 1. The molecule has 6 nitrogen and oxygen atoms in total. The summed E-state index contributed by atoms with van der Waals surface area (Å²) in [6.45, 7) is 1.99. The number of esters is 1. The molecule has 0 saturated heterocycles. The van der Waals surface area contributed by atoms with Gasteiger partial charge in [-0.1, -0.05) is 77.8 Å². The van der Waals surface area contributed by atoms with Crippen LogP contribution in [0.3, 0.4) is 0 Å². The highest BCUT2D eigenvalue weighted by atomic mass is 35.5. The lowest BCUT2D eigenvalue weighted by molar-refractivity contribution is -0.128. The maximum absolute atomic E-state index is 13.4. The Bertz CT molecular complexity index is 1740. The number of fused-ring (bicyclic) bond motifs is 1. The fourth-order valence-corrected chi connectivity index (χ4v) is 3.93. The van der Waals surface area contributed by atoms with Crippen molar-refractivity contribution in [2.24, 2.45) is 5.10 Å². The van der Waals surface area contributed by atoms with Gasteiger partial charge in [-0.05, 0) is 55.0 Å². The molecule has 0 N–H and O–H groups in total. The van der Waals surface area contributed by atoms with Crippen LogP contribution in [0.15, 0.2) is 113 Å². The fourth-order valence-electron chi connectivity index (χ4n) is 3.80. The summed E-state index contributed by atoms with van der Waals surface area (Å²) in [6, 6.07) is 28.9. The van der Waals surface area contributed by atoms with E-state index in [2.05, 4.69) is 5.10 Å². The summed E-state index contributed by atoms with van der Waals surface area (Å²) in [5.74, 6) is 0.164. The molecular weight excluding hydrogens is 498 g/mol. The second-order valence-electron chi connectivity index (χ2n) is 8.52. The summed E-state index contributed by atoms with van der Waals surface area (Å²) in [4.78, 5) is 30.6. The molecule has 0 saturated carbocycles. The van der Waals surface area contributed by atoms with Crippen LogP contribution in [0.25, 0.3) is 28.4 Å².